The van der Waals surface area contributed by atoms with Gasteiger partial charge in [0.1, 0.15) is 6.10 Å². The molecule has 0 amide bonds. The molecule has 1 atom stereocenters. The van der Waals surface area contributed by atoms with E-state index in [0.717, 1.165) is 12.0 Å². The fraction of sp³-hybridized carbons (Fsp3) is 0.188. The molecule has 1 aliphatic heterocycles. The van der Waals surface area contributed by atoms with E-state index in [1.54, 1.807) is 11.8 Å². The smallest absolute Gasteiger partial charge is 0.339 e. The van der Waals surface area contributed by atoms with Crippen LogP contribution in [0.4, 0.5) is 0 Å². The van der Waals surface area contributed by atoms with Gasteiger partial charge >= 0.3 is 5.97 Å². The number of benzene rings is 2. The van der Waals surface area contributed by atoms with Gasteiger partial charge < -0.3 is 4.74 Å². The number of esters is 1. The lowest BCUT2D eigenvalue weighted by atomic mass is 9.99. The molecule has 19 heavy (non-hydrogen) atoms. The molecule has 0 fully saturated rings. The summed E-state index contributed by atoms with van der Waals surface area (Å²) in [5, 5.41) is 0. The van der Waals surface area contributed by atoms with Crippen molar-refractivity contribution >= 4 is 17.7 Å². The average molecular weight is 270 g/mol. The monoisotopic (exact) mass is 270 g/mol. The number of fused-ring (bicyclic) bond motifs is 1. The minimum Gasteiger partial charge on any atom is -0.454 e. The van der Waals surface area contributed by atoms with Gasteiger partial charge in [-0.3, -0.25) is 0 Å². The zero-order valence-electron chi connectivity index (χ0n) is 10.6. The van der Waals surface area contributed by atoms with E-state index in [2.05, 4.69) is 30.5 Å². The maximum atomic E-state index is 11.7. The van der Waals surface area contributed by atoms with Crippen LogP contribution in [-0.4, -0.2) is 12.2 Å². The summed E-state index contributed by atoms with van der Waals surface area (Å²) in [4.78, 5) is 13.0. The van der Waals surface area contributed by atoms with E-state index in [-0.39, 0.29) is 12.1 Å². The van der Waals surface area contributed by atoms with Gasteiger partial charge in [-0.2, -0.15) is 0 Å². The van der Waals surface area contributed by atoms with Crippen LogP contribution in [0, 0.1) is 0 Å². The second-order valence-corrected chi connectivity index (χ2v) is 5.41. The lowest BCUT2D eigenvalue weighted by Gasteiger charge is -2.11. The molecule has 0 saturated heterocycles. The van der Waals surface area contributed by atoms with Crippen molar-refractivity contribution in [3.8, 4) is 0 Å². The first-order valence-corrected chi connectivity index (χ1v) is 7.43. The highest BCUT2D eigenvalue weighted by Gasteiger charge is 2.30. The van der Waals surface area contributed by atoms with Crippen LogP contribution >= 0.6 is 11.8 Å². The van der Waals surface area contributed by atoms with E-state index >= 15 is 0 Å². The van der Waals surface area contributed by atoms with Crippen molar-refractivity contribution in [3.05, 3.63) is 65.2 Å². The van der Waals surface area contributed by atoms with Gasteiger partial charge in [-0.1, -0.05) is 30.3 Å². The molecule has 0 spiro atoms. The normalized spacial score (nSPS) is 17.1. The van der Waals surface area contributed by atoms with Crippen molar-refractivity contribution < 1.29 is 9.53 Å². The van der Waals surface area contributed by atoms with Crippen LogP contribution in [-0.2, 0) is 11.2 Å². The van der Waals surface area contributed by atoms with Crippen LogP contribution in [0.15, 0.2) is 53.4 Å². The molecule has 0 N–H and O–H groups in total. The SMILES string of the molecule is CSc1ccc(C[C@@H]2OC(=O)c3ccccc32)cc1. The van der Waals surface area contributed by atoms with Crippen molar-refractivity contribution in [2.24, 2.45) is 0 Å². The third-order valence-corrected chi connectivity index (χ3v) is 4.10. The summed E-state index contributed by atoms with van der Waals surface area (Å²) in [5.74, 6) is -0.207. The van der Waals surface area contributed by atoms with E-state index in [9.17, 15) is 4.79 Å². The molecule has 1 aliphatic rings. The molecular formula is C16H14O2S. The second-order valence-electron chi connectivity index (χ2n) is 4.53. The van der Waals surface area contributed by atoms with Gasteiger partial charge in [-0.15, -0.1) is 11.8 Å². The molecule has 2 aromatic carbocycles. The van der Waals surface area contributed by atoms with Crippen molar-refractivity contribution in [2.45, 2.75) is 17.4 Å². The number of ether oxygens (including phenoxy) is 1. The molecule has 0 aliphatic carbocycles. The minimum absolute atomic E-state index is 0.149. The number of hydrogen-bond acceptors (Lipinski definition) is 3. The molecule has 3 heteroatoms. The number of carbonyl (C=O) groups excluding carboxylic acids is 1. The van der Waals surface area contributed by atoms with Gasteiger partial charge in [0.25, 0.3) is 0 Å². The predicted molar refractivity (Wildman–Crippen MR) is 76.5 cm³/mol. The molecule has 0 bridgehead atoms. The highest BCUT2D eigenvalue weighted by molar-refractivity contribution is 7.98. The summed E-state index contributed by atoms with van der Waals surface area (Å²) in [7, 11) is 0. The van der Waals surface area contributed by atoms with Crippen LogP contribution in [0.2, 0.25) is 0 Å². The van der Waals surface area contributed by atoms with Crippen molar-refractivity contribution in [3.63, 3.8) is 0 Å². The van der Waals surface area contributed by atoms with Crippen molar-refractivity contribution in [2.75, 3.05) is 6.26 Å². The van der Waals surface area contributed by atoms with Gasteiger partial charge in [0.05, 0.1) is 5.56 Å². The third-order valence-electron chi connectivity index (χ3n) is 3.36. The molecule has 2 nitrogen and oxygen atoms in total. The number of cyclic esters (lactones) is 1. The standard InChI is InChI=1S/C16H14O2S/c1-19-12-8-6-11(7-9-12)10-15-13-4-2-3-5-14(13)16(17)18-15/h2-9,15H,10H2,1H3/t15-/m0/s1. The highest BCUT2D eigenvalue weighted by atomic mass is 32.2. The number of carbonyl (C=O) groups is 1. The zero-order chi connectivity index (χ0) is 13.2. The van der Waals surface area contributed by atoms with E-state index < -0.39 is 0 Å². The quantitative estimate of drug-likeness (QED) is 0.625. The molecule has 0 radical (unpaired) electrons. The van der Waals surface area contributed by atoms with Gasteiger partial charge in [0.15, 0.2) is 0 Å². The summed E-state index contributed by atoms with van der Waals surface area (Å²) in [6.07, 6.45) is 2.64. The summed E-state index contributed by atoms with van der Waals surface area (Å²) in [6.45, 7) is 0. The molecule has 3 rings (SSSR count). The first kappa shape index (κ1) is 12.3. The largest absolute Gasteiger partial charge is 0.454 e. The van der Waals surface area contributed by atoms with E-state index in [4.69, 9.17) is 4.74 Å². The zero-order valence-corrected chi connectivity index (χ0v) is 11.4. The third kappa shape index (κ3) is 2.38. The number of hydrogen-bond donors (Lipinski definition) is 0. The topological polar surface area (TPSA) is 26.3 Å². The first-order valence-electron chi connectivity index (χ1n) is 6.21. The lowest BCUT2D eigenvalue weighted by Crippen LogP contribution is -2.02. The predicted octanol–water partition coefficient (Wildman–Crippen LogP) is 3.86. The Morgan fingerprint density at radius 3 is 2.58 bits per heavy atom. The van der Waals surface area contributed by atoms with Crippen molar-refractivity contribution in [1.29, 1.82) is 0 Å². The minimum atomic E-state index is -0.207. The lowest BCUT2D eigenvalue weighted by molar-refractivity contribution is 0.0387. The Kier molecular flexibility index (Phi) is 3.30. The van der Waals surface area contributed by atoms with Crippen molar-refractivity contribution in [1.82, 2.24) is 0 Å². The van der Waals surface area contributed by atoms with Crippen LogP contribution in [0.5, 0.6) is 0 Å². The molecular weight excluding hydrogens is 256 g/mol. The number of rotatable bonds is 3. The van der Waals surface area contributed by atoms with Gasteiger partial charge in [-0.25, -0.2) is 4.79 Å². The highest BCUT2D eigenvalue weighted by Crippen LogP contribution is 2.33. The Morgan fingerprint density at radius 2 is 1.84 bits per heavy atom. The summed E-state index contributed by atoms with van der Waals surface area (Å²) < 4.78 is 5.45. The molecule has 0 saturated carbocycles. The number of thioether (sulfide) groups is 1. The average Bonchev–Trinajstić information content (AvgIpc) is 2.77. The Morgan fingerprint density at radius 1 is 1.11 bits per heavy atom. The van der Waals surface area contributed by atoms with Gasteiger partial charge in [0, 0.05) is 16.9 Å². The Hall–Kier alpha value is -1.74. The fourth-order valence-electron chi connectivity index (χ4n) is 2.35. The van der Waals surface area contributed by atoms with Gasteiger partial charge in [0.2, 0.25) is 0 Å². The van der Waals surface area contributed by atoms with E-state index in [1.807, 2.05) is 24.3 Å². The summed E-state index contributed by atoms with van der Waals surface area (Å²) >= 11 is 1.72. The summed E-state index contributed by atoms with van der Waals surface area (Å²) in [6, 6.07) is 16.0. The van der Waals surface area contributed by atoms with Crippen LogP contribution < -0.4 is 0 Å². The maximum absolute atomic E-state index is 11.7. The van der Waals surface area contributed by atoms with Crippen LogP contribution in [0.25, 0.3) is 0 Å². The first-order chi connectivity index (χ1) is 9.28. The molecule has 0 unspecified atom stereocenters. The Balaban J connectivity index is 1.83. The fourth-order valence-corrected chi connectivity index (χ4v) is 2.76. The Bertz CT molecular complexity index is 604. The second kappa shape index (κ2) is 5.10. The van der Waals surface area contributed by atoms with E-state index in [0.29, 0.717) is 5.56 Å². The maximum Gasteiger partial charge on any atom is 0.339 e. The molecule has 2 aromatic rings. The molecule has 96 valence electrons. The summed E-state index contributed by atoms with van der Waals surface area (Å²) in [5.41, 5.74) is 2.89. The molecule has 1 heterocycles. The van der Waals surface area contributed by atoms with Crippen LogP contribution in [0.1, 0.15) is 27.6 Å². The molecule has 0 aromatic heterocycles. The van der Waals surface area contributed by atoms with E-state index in [1.165, 1.54) is 10.5 Å². The van der Waals surface area contributed by atoms with Crippen LogP contribution in [0.3, 0.4) is 0 Å². The van der Waals surface area contributed by atoms with Gasteiger partial charge in [-0.05, 0) is 30.0 Å². The Labute approximate surface area is 116 Å².